The molecule has 1 aliphatic carbocycles. The van der Waals surface area contributed by atoms with Crippen molar-refractivity contribution in [1.82, 2.24) is 15.2 Å². The summed E-state index contributed by atoms with van der Waals surface area (Å²) in [6.45, 7) is 1.13. The summed E-state index contributed by atoms with van der Waals surface area (Å²) in [4.78, 5) is 32.3. The van der Waals surface area contributed by atoms with Crippen LogP contribution in [0.15, 0.2) is 22.9 Å². The lowest BCUT2D eigenvalue weighted by atomic mass is 10.2. The van der Waals surface area contributed by atoms with Gasteiger partial charge in [-0.25, -0.2) is 4.98 Å². The second-order valence-electron chi connectivity index (χ2n) is 6.30. The summed E-state index contributed by atoms with van der Waals surface area (Å²) in [6, 6.07) is 3.76. The van der Waals surface area contributed by atoms with Crippen molar-refractivity contribution in [3.8, 4) is 9.88 Å². The highest BCUT2D eigenvalue weighted by molar-refractivity contribution is 7.20. The predicted octanol–water partition coefficient (Wildman–Crippen LogP) is 2.89. The molecular weight excluding hydrogens is 342 g/mol. The van der Waals surface area contributed by atoms with E-state index in [1.807, 2.05) is 22.9 Å². The van der Waals surface area contributed by atoms with E-state index in [2.05, 4.69) is 10.3 Å². The molecule has 0 radical (unpaired) electrons. The van der Waals surface area contributed by atoms with Crippen molar-refractivity contribution in [1.29, 1.82) is 0 Å². The van der Waals surface area contributed by atoms with Gasteiger partial charge in [-0.2, -0.15) is 0 Å². The molecule has 1 atom stereocenters. The van der Waals surface area contributed by atoms with Crippen LogP contribution in [-0.2, 0) is 16.1 Å². The second-order valence-corrected chi connectivity index (χ2v) is 8.11. The molecule has 1 N–H and O–H groups in total. The Morgan fingerprint density at radius 2 is 2.17 bits per heavy atom. The van der Waals surface area contributed by atoms with Crippen LogP contribution >= 0.6 is 22.7 Å². The van der Waals surface area contributed by atoms with Crippen molar-refractivity contribution in [2.45, 2.75) is 38.3 Å². The Kier molecular flexibility index (Phi) is 4.37. The smallest absolute Gasteiger partial charge is 0.243 e. The molecule has 2 aliphatic rings. The fraction of sp³-hybridized carbons (Fsp3) is 0.471. The summed E-state index contributed by atoms with van der Waals surface area (Å²) in [5, 5.41) is 7.96. The van der Waals surface area contributed by atoms with E-state index in [-0.39, 0.29) is 23.8 Å². The van der Waals surface area contributed by atoms with Crippen molar-refractivity contribution in [3.63, 3.8) is 0 Å². The van der Waals surface area contributed by atoms with Gasteiger partial charge in [-0.05, 0) is 37.1 Å². The van der Waals surface area contributed by atoms with E-state index in [4.69, 9.17) is 0 Å². The molecule has 0 bridgehead atoms. The van der Waals surface area contributed by atoms with E-state index in [9.17, 15) is 9.59 Å². The quantitative estimate of drug-likeness (QED) is 0.891. The third-order valence-corrected chi connectivity index (χ3v) is 6.42. The molecule has 126 valence electrons. The minimum Gasteiger partial charge on any atom is -0.349 e. The third kappa shape index (κ3) is 3.23. The number of likely N-dealkylation sites (tertiary alicyclic amines) is 1. The number of rotatable bonds is 5. The second kappa shape index (κ2) is 6.64. The van der Waals surface area contributed by atoms with Crippen LogP contribution in [0.25, 0.3) is 9.88 Å². The van der Waals surface area contributed by atoms with E-state index in [1.54, 1.807) is 27.6 Å². The average molecular weight is 361 g/mol. The zero-order valence-electron chi connectivity index (χ0n) is 13.2. The number of aromatic nitrogens is 1. The summed E-state index contributed by atoms with van der Waals surface area (Å²) in [5.74, 6) is 0.291. The Morgan fingerprint density at radius 3 is 2.92 bits per heavy atom. The Hall–Kier alpha value is -1.73. The van der Waals surface area contributed by atoms with Crippen LogP contribution in [0.5, 0.6) is 0 Å². The number of hydrogen-bond acceptors (Lipinski definition) is 5. The molecular formula is C17H19N3O2S2. The van der Waals surface area contributed by atoms with E-state index in [0.29, 0.717) is 13.1 Å². The van der Waals surface area contributed by atoms with Gasteiger partial charge in [0.15, 0.2) is 0 Å². The van der Waals surface area contributed by atoms with Gasteiger partial charge in [0, 0.05) is 17.8 Å². The SMILES string of the molecule is O=C(NCc1csc(-c2cccs2)n1)C1CCCN1C(=O)C1CC1. The monoisotopic (exact) mass is 361 g/mol. The molecule has 0 spiro atoms. The van der Waals surface area contributed by atoms with Crippen LogP contribution in [0, 0.1) is 5.92 Å². The highest BCUT2D eigenvalue weighted by Crippen LogP contribution is 2.33. The fourth-order valence-corrected chi connectivity index (χ4v) is 4.70. The van der Waals surface area contributed by atoms with Crippen LogP contribution in [0.2, 0.25) is 0 Å². The minimum absolute atomic E-state index is 0.0489. The van der Waals surface area contributed by atoms with Gasteiger partial charge >= 0.3 is 0 Å². The Labute approximate surface area is 148 Å². The zero-order chi connectivity index (χ0) is 16.5. The van der Waals surface area contributed by atoms with Gasteiger partial charge < -0.3 is 10.2 Å². The standard InChI is InChI=1S/C17H19N3O2S2/c21-15(13-3-1-7-20(13)17(22)11-5-6-11)18-9-12-10-24-16(19-12)14-4-2-8-23-14/h2,4,8,10-11,13H,1,3,5-7,9H2,(H,18,21). The van der Waals surface area contributed by atoms with Gasteiger partial charge in [-0.3, -0.25) is 9.59 Å². The van der Waals surface area contributed by atoms with Crippen molar-refractivity contribution in [2.24, 2.45) is 5.92 Å². The number of nitrogens with one attached hydrogen (secondary N) is 1. The number of hydrogen-bond donors (Lipinski definition) is 1. The Morgan fingerprint density at radius 1 is 1.29 bits per heavy atom. The Balaban J connectivity index is 1.35. The van der Waals surface area contributed by atoms with Crippen molar-refractivity contribution >= 4 is 34.5 Å². The van der Waals surface area contributed by atoms with Gasteiger partial charge in [-0.15, -0.1) is 22.7 Å². The maximum Gasteiger partial charge on any atom is 0.243 e. The van der Waals surface area contributed by atoms with Crippen LogP contribution in [0.3, 0.4) is 0 Å². The van der Waals surface area contributed by atoms with E-state index < -0.39 is 0 Å². The lowest BCUT2D eigenvalue weighted by Crippen LogP contribution is -2.46. The van der Waals surface area contributed by atoms with E-state index >= 15 is 0 Å². The Bertz CT molecular complexity index is 737. The highest BCUT2D eigenvalue weighted by atomic mass is 32.1. The van der Waals surface area contributed by atoms with Crippen LogP contribution in [0.4, 0.5) is 0 Å². The minimum atomic E-state index is -0.298. The highest BCUT2D eigenvalue weighted by Gasteiger charge is 2.40. The summed E-state index contributed by atoms with van der Waals surface area (Å²) < 4.78 is 0. The first-order valence-corrected chi connectivity index (χ1v) is 10.0. The first-order valence-electron chi connectivity index (χ1n) is 8.29. The molecule has 7 heteroatoms. The molecule has 0 aromatic carbocycles. The lowest BCUT2D eigenvalue weighted by molar-refractivity contribution is -0.139. The predicted molar refractivity (Wildman–Crippen MR) is 94.7 cm³/mol. The van der Waals surface area contributed by atoms with Gasteiger partial charge in [0.25, 0.3) is 0 Å². The molecule has 4 rings (SSSR count). The van der Waals surface area contributed by atoms with Crippen molar-refractivity contribution in [2.75, 3.05) is 6.54 Å². The molecule has 2 fully saturated rings. The molecule has 2 aromatic heterocycles. The van der Waals surface area contributed by atoms with Crippen molar-refractivity contribution < 1.29 is 9.59 Å². The first-order chi connectivity index (χ1) is 11.7. The van der Waals surface area contributed by atoms with E-state index in [1.165, 1.54) is 0 Å². The molecule has 24 heavy (non-hydrogen) atoms. The molecule has 1 unspecified atom stereocenters. The maximum atomic E-state index is 12.5. The van der Waals surface area contributed by atoms with Crippen LogP contribution in [0.1, 0.15) is 31.4 Å². The average Bonchev–Trinajstić information content (AvgIpc) is 3.03. The number of thiazole rings is 1. The molecule has 5 nitrogen and oxygen atoms in total. The van der Waals surface area contributed by atoms with Gasteiger partial charge in [0.1, 0.15) is 11.0 Å². The summed E-state index contributed by atoms with van der Waals surface area (Å²) in [5.41, 5.74) is 0.870. The van der Waals surface area contributed by atoms with E-state index in [0.717, 1.165) is 41.3 Å². The number of carbonyl (C=O) groups is 2. The summed E-state index contributed by atoms with van der Waals surface area (Å²) in [6.07, 6.45) is 3.64. The molecule has 2 amide bonds. The lowest BCUT2D eigenvalue weighted by Gasteiger charge is -2.23. The van der Waals surface area contributed by atoms with Crippen LogP contribution < -0.4 is 5.32 Å². The molecule has 1 saturated carbocycles. The van der Waals surface area contributed by atoms with Gasteiger partial charge in [-0.1, -0.05) is 6.07 Å². The third-order valence-electron chi connectivity index (χ3n) is 4.49. The van der Waals surface area contributed by atoms with Crippen LogP contribution in [-0.4, -0.2) is 34.3 Å². The number of thiophene rings is 1. The fourth-order valence-electron chi connectivity index (χ4n) is 3.06. The van der Waals surface area contributed by atoms with Gasteiger partial charge in [0.05, 0.1) is 17.1 Å². The summed E-state index contributed by atoms with van der Waals surface area (Å²) in [7, 11) is 0. The zero-order valence-corrected chi connectivity index (χ0v) is 14.9. The largest absolute Gasteiger partial charge is 0.349 e. The number of nitrogens with zero attached hydrogens (tertiary/aromatic N) is 2. The number of amides is 2. The maximum absolute atomic E-state index is 12.5. The topological polar surface area (TPSA) is 62.3 Å². The normalized spacial score (nSPS) is 20.3. The molecule has 3 heterocycles. The molecule has 1 aliphatic heterocycles. The van der Waals surface area contributed by atoms with Gasteiger partial charge in [0.2, 0.25) is 11.8 Å². The molecule has 2 aromatic rings. The first kappa shape index (κ1) is 15.8. The molecule has 1 saturated heterocycles. The number of carbonyl (C=O) groups excluding carboxylic acids is 2. The summed E-state index contributed by atoms with van der Waals surface area (Å²) >= 11 is 3.25. The van der Waals surface area contributed by atoms with Crippen molar-refractivity contribution in [3.05, 3.63) is 28.6 Å².